The number of hydrogen-bond acceptors (Lipinski definition) is 7. The quantitative estimate of drug-likeness (QED) is 0.629. The van der Waals surface area contributed by atoms with Crippen molar-refractivity contribution in [3.05, 3.63) is 12.2 Å². The molecule has 1 heterocycles. The molecule has 1 aliphatic rings. The van der Waals surface area contributed by atoms with Crippen LogP contribution < -0.4 is 0 Å². The van der Waals surface area contributed by atoms with E-state index in [4.69, 9.17) is 9.47 Å². The number of ether oxygens (including phenoxy) is 2. The highest BCUT2D eigenvalue weighted by atomic mass is 16.5. The maximum atomic E-state index is 11.8. The summed E-state index contributed by atoms with van der Waals surface area (Å²) < 4.78 is 10.1. The fourth-order valence-electron chi connectivity index (χ4n) is 2.10. The van der Waals surface area contributed by atoms with E-state index < -0.39 is 48.6 Å². The van der Waals surface area contributed by atoms with Crippen LogP contribution in [-0.4, -0.2) is 52.4 Å². The van der Waals surface area contributed by atoms with Gasteiger partial charge in [-0.2, -0.15) is 0 Å². The lowest BCUT2D eigenvalue weighted by molar-refractivity contribution is -0.153. The first-order valence-electron chi connectivity index (χ1n) is 7.75. The molecule has 0 aromatic rings. The van der Waals surface area contributed by atoms with Crippen LogP contribution in [0.2, 0.25) is 0 Å². The number of esters is 2. The van der Waals surface area contributed by atoms with Crippen LogP contribution in [0.15, 0.2) is 12.2 Å². The van der Waals surface area contributed by atoms with E-state index in [-0.39, 0.29) is 12.8 Å². The monoisotopic (exact) mass is 328 g/mol. The van der Waals surface area contributed by atoms with Crippen LogP contribution in [-0.2, 0) is 23.9 Å². The first-order valence-corrected chi connectivity index (χ1v) is 7.75. The van der Waals surface area contributed by atoms with E-state index >= 15 is 0 Å². The summed E-state index contributed by atoms with van der Waals surface area (Å²) in [7, 11) is 0. The Bertz CT molecular complexity index is 457. The zero-order chi connectivity index (χ0) is 17.4. The van der Waals surface area contributed by atoms with Gasteiger partial charge in [0.25, 0.3) is 0 Å². The Labute approximate surface area is 135 Å². The summed E-state index contributed by atoms with van der Waals surface area (Å²) in [6, 6.07) is 0. The third-order valence-electron chi connectivity index (χ3n) is 3.50. The predicted octanol–water partition coefficient (Wildman–Crippen LogP) is 0.661. The summed E-state index contributed by atoms with van der Waals surface area (Å²) in [6.45, 7) is 3.28. The van der Waals surface area contributed by atoms with Crippen LogP contribution in [0.25, 0.3) is 0 Å². The SMILES string of the molecule is C[C@@H]1CCC(=O)[C@@H](O)CC(=O)O[C@H](C)CC[C@@H](O)C=CC(=O)O1. The average Bonchev–Trinajstić information content (AvgIpc) is 2.47. The minimum Gasteiger partial charge on any atom is -0.463 e. The molecule has 1 rings (SSSR count). The molecule has 7 nitrogen and oxygen atoms in total. The lowest BCUT2D eigenvalue weighted by Gasteiger charge is -2.17. The molecule has 1 aliphatic heterocycles. The van der Waals surface area contributed by atoms with E-state index in [0.29, 0.717) is 12.8 Å². The molecule has 7 heteroatoms. The van der Waals surface area contributed by atoms with Gasteiger partial charge in [0.15, 0.2) is 5.78 Å². The number of hydrogen-bond donors (Lipinski definition) is 2. The molecular formula is C16H24O7. The largest absolute Gasteiger partial charge is 0.463 e. The van der Waals surface area contributed by atoms with Gasteiger partial charge in [-0.1, -0.05) is 0 Å². The topological polar surface area (TPSA) is 110 Å². The fraction of sp³-hybridized carbons (Fsp3) is 0.688. The number of aliphatic hydroxyl groups is 2. The summed E-state index contributed by atoms with van der Waals surface area (Å²) >= 11 is 0. The Morgan fingerprint density at radius 1 is 1.00 bits per heavy atom. The number of cyclic esters (lactones) is 2. The summed E-state index contributed by atoms with van der Waals surface area (Å²) in [6.07, 6.45) is -0.274. The van der Waals surface area contributed by atoms with Crippen molar-refractivity contribution in [1.82, 2.24) is 0 Å². The van der Waals surface area contributed by atoms with E-state index in [1.54, 1.807) is 13.8 Å². The van der Waals surface area contributed by atoms with Crippen molar-refractivity contribution in [2.24, 2.45) is 0 Å². The molecular weight excluding hydrogens is 304 g/mol. The molecule has 0 fully saturated rings. The highest BCUT2D eigenvalue weighted by Gasteiger charge is 2.22. The van der Waals surface area contributed by atoms with Gasteiger partial charge >= 0.3 is 11.9 Å². The van der Waals surface area contributed by atoms with Crippen LogP contribution in [0.1, 0.15) is 46.0 Å². The van der Waals surface area contributed by atoms with Gasteiger partial charge < -0.3 is 19.7 Å². The molecule has 2 N–H and O–H groups in total. The summed E-state index contributed by atoms with van der Waals surface area (Å²) in [5, 5.41) is 19.5. The highest BCUT2D eigenvalue weighted by Crippen LogP contribution is 2.11. The van der Waals surface area contributed by atoms with Crippen molar-refractivity contribution in [3.8, 4) is 0 Å². The van der Waals surface area contributed by atoms with Crippen LogP contribution in [0, 0.1) is 0 Å². The maximum absolute atomic E-state index is 11.8. The molecule has 0 aliphatic carbocycles. The molecule has 0 radical (unpaired) electrons. The van der Waals surface area contributed by atoms with E-state index in [1.165, 1.54) is 6.08 Å². The molecule has 0 unspecified atom stereocenters. The predicted molar refractivity (Wildman–Crippen MR) is 80.4 cm³/mol. The van der Waals surface area contributed by atoms with Crippen molar-refractivity contribution < 1.29 is 34.1 Å². The molecule has 23 heavy (non-hydrogen) atoms. The Balaban J connectivity index is 2.74. The van der Waals surface area contributed by atoms with Gasteiger partial charge in [0.2, 0.25) is 0 Å². The molecule has 0 saturated carbocycles. The number of carbonyl (C=O) groups is 3. The summed E-state index contributed by atoms with van der Waals surface area (Å²) in [5.41, 5.74) is 0. The molecule has 4 atom stereocenters. The summed E-state index contributed by atoms with van der Waals surface area (Å²) in [5.74, 6) is -1.75. The van der Waals surface area contributed by atoms with Crippen LogP contribution in [0.4, 0.5) is 0 Å². The van der Waals surface area contributed by atoms with Crippen molar-refractivity contribution in [2.45, 2.75) is 70.4 Å². The second kappa shape index (κ2) is 9.42. The Morgan fingerprint density at radius 2 is 1.65 bits per heavy atom. The smallest absolute Gasteiger partial charge is 0.330 e. The zero-order valence-corrected chi connectivity index (χ0v) is 13.4. The standard InChI is InChI=1S/C16H24O7/c1-10-3-5-12(17)6-8-15(20)22-11(2)4-7-13(18)14(19)9-16(21)23-10/h6,8,10-12,14,17,19H,3-5,7,9H2,1-2H3/t10-,11-,12-,14+/m1/s1. The Hall–Kier alpha value is -1.73. The first kappa shape index (κ1) is 19.3. The first-order chi connectivity index (χ1) is 10.8. The lowest BCUT2D eigenvalue weighted by Crippen LogP contribution is -2.28. The highest BCUT2D eigenvalue weighted by molar-refractivity contribution is 5.87. The van der Waals surface area contributed by atoms with E-state index in [1.807, 2.05) is 0 Å². The van der Waals surface area contributed by atoms with Gasteiger partial charge in [0.05, 0.1) is 24.7 Å². The molecule has 0 bridgehead atoms. The molecule has 0 spiro atoms. The number of Topliss-reactive ketones (excluding diaryl/α,β-unsaturated/α-hetero) is 1. The minimum atomic E-state index is -1.42. The normalized spacial score (nSPS) is 32.3. The molecule has 130 valence electrons. The molecule has 0 saturated heterocycles. The zero-order valence-electron chi connectivity index (χ0n) is 13.4. The van der Waals surface area contributed by atoms with Gasteiger partial charge in [-0.15, -0.1) is 0 Å². The third-order valence-corrected chi connectivity index (χ3v) is 3.50. The van der Waals surface area contributed by atoms with Crippen molar-refractivity contribution in [3.63, 3.8) is 0 Å². The van der Waals surface area contributed by atoms with Gasteiger partial charge in [-0.05, 0) is 39.2 Å². The summed E-state index contributed by atoms with van der Waals surface area (Å²) in [4.78, 5) is 35.0. The van der Waals surface area contributed by atoms with Gasteiger partial charge in [-0.25, -0.2) is 4.79 Å². The molecule has 0 aromatic heterocycles. The molecule has 0 amide bonds. The fourth-order valence-corrected chi connectivity index (χ4v) is 2.10. The number of rotatable bonds is 0. The van der Waals surface area contributed by atoms with E-state index in [2.05, 4.69) is 0 Å². The maximum Gasteiger partial charge on any atom is 0.330 e. The molecule has 0 aromatic carbocycles. The number of aliphatic hydroxyl groups excluding tert-OH is 2. The minimum absolute atomic E-state index is 0.00914. The van der Waals surface area contributed by atoms with Gasteiger partial charge in [0.1, 0.15) is 6.10 Å². The van der Waals surface area contributed by atoms with Gasteiger partial charge in [-0.3, -0.25) is 9.59 Å². The van der Waals surface area contributed by atoms with Crippen LogP contribution in [0.3, 0.4) is 0 Å². The second-order valence-electron chi connectivity index (χ2n) is 5.78. The lowest BCUT2D eigenvalue weighted by atomic mass is 10.1. The average molecular weight is 328 g/mol. The van der Waals surface area contributed by atoms with Crippen LogP contribution >= 0.6 is 0 Å². The Morgan fingerprint density at radius 3 is 2.35 bits per heavy atom. The van der Waals surface area contributed by atoms with Crippen molar-refractivity contribution >= 4 is 17.7 Å². The van der Waals surface area contributed by atoms with Crippen molar-refractivity contribution in [1.29, 1.82) is 0 Å². The van der Waals surface area contributed by atoms with E-state index in [9.17, 15) is 24.6 Å². The Kier molecular flexibility index (Phi) is 7.91. The number of carbonyl (C=O) groups excluding carboxylic acids is 3. The van der Waals surface area contributed by atoms with Crippen LogP contribution in [0.5, 0.6) is 0 Å². The van der Waals surface area contributed by atoms with Crippen molar-refractivity contribution in [2.75, 3.05) is 0 Å². The van der Waals surface area contributed by atoms with Gasteiger partial charge in [0, 0.05) is 12.5 Å². The second-order valence-corrected chi connectivity index (χ2v) is 5.78. The number of ketones is 1. The third kappa shape index (κ3) is 7.90. The van der Waals surface area contributed by atoms with E-state index in [0.717, 1.165) is 6.08 Å².